The van der Waals surface area contributed by atoms with Gasteiger partial charge in [0.15, 0.2) is 0 Å². The van der Waals surface area contributed by atoms with Gasteiger partial charge < -0.3 is 10.7 Å². The Labute approximate surface area is 100.0 Å². The minimum absolute atomic E-state index is 0.589. The number of benzene rings is 1. The number of halogens is 1. The van der Waals surface area contributed by atoms with E-state index in [1.165, 1.54) is 0 Å². The molecule has 2 heterocycles. The fraction of sp³-hybridized carbons (Fsp3) is 0. The summed E-state index contributed by atoms with van der Waals surface area (Å²) in [4.78, 5) is 3.17. The highest BCUT2D eigenvalue weighted by Crippen LogP contribution is 2.30. The highest BCUT2D eigenvalue weighted by Gasteiger charge is 2.07. The van der Waals surface area contributed by atoms with E-state index in [0.29, 0.717) is 5.82 Å². The van der Waals surface area contributed by atoms with Gasteiger partial charge in [0.05, 0.1) is 6.20 Å². The lowest BCUT2D eigenvalue weighted by Crippen LogP contribution is -1.87. The Hall–Kier alpha value is -1.75. The van der Waals surface area contributed by atoms with Crippen LogP contribution in [0.3, 0.4) is 0 Å². The molecule has 0 aliphatic carbocycles. The molecule has 80 valence electrons. The predicted octanol–water partition coefficient (Wildman–Crippen LogP) is 2.90. The molecule has 0 fully saturated rings. The fourth-order valence-electron chi connectivity index (χ4n) is 1.78. The maximum Gasteiger partial charge on any atom is 0.126 e. The first-order valence-electron chi connectivity index (χ1n) is 4.81. The molecule has 0 bridgehead atoms. The molecule has 16 heavy (non-hydrogen) atoms. The van der Waals surface area contributed by atoms with E-state index in [4.69, 9.17) is 5.73 Å². The number of aromatic nitrogens is 3. The van der Waals surface area contributed by atoms with E-state index in [9.17, 15) is 0 Å². The molecule has 0 radical (unpaired) electrons. The van der Waals surface area contributed by atoms with Gasteiger partial charge in [-0.1, -0.05) is 6.07 Å². The van der Waals surface area contributed by atoms with Crippen LogP contribution in [-0.4, -0.2) is 15.2 Å². The van der Waals surface area contributed by atoms with Gasteiger partial charge >= 0.3 is 0 Å². The second-order valence-electron chi connectivity index (χ2n) is 3.59. The summed E-state index contributed by atoms with van der Waals surface area (Å²) >= 11 is 3.50. The number of H-pyrrole nitrogens is 2. The molecule has 2 aromatic heterocycles. The molecule has 0 unspecified atom stereocenters. The largest absolute Gasteiger partial charge is 0.384 e. The van der Waals surface area contributed by atoms with Gasteiger partial charge in [0.25, 0.3) is 0 Å². The molecule has 0 atom stereocenters. The summed E-state index contributed by atoms with van der Waals surface area (Å²) < 4.78 is 1.05. The van der Waals surface area contributed by atoms with E-state index in [-0.39, 0.29) is 0 Å². The first kappa shape index (κ1) is 9.47. The maximum absolute atomic E-state index is 5.79. The summed E-state index contributed by atoms with van der Waals surface area (Å²) in [6.07, 6.45) is 3.66. The number of fused-ring (bicyclic) bond motifs is 1. The number of rotatable bonds is 1. The van der Waals surface area contributed by atoms with Gasteiger partial charge in [0.2, 0.25) is 0 Å². The van der Waals surface area contributed by atoms with E-state index in [0.717, 1.165) is 26.5 Å². The molecular weight excluding hydrogens is 268 g/mol. The lowest BCUT2D eigenvalue weighted by Gasteiger charge is -1.99. The van der Waals surface area contributed by atoms with Gasteiger partial charge in [-0.15, -0.1) is 0 Å². The zero-order chi connectivity index (χ0) is 11.1. The summed E-state index contributed by atoms with van der Waals surface area (Å²) in [5.41, 5.74) is 8.87. The maximum atomic E-state index is 5.79. The summed E-state index contributed by atoms with van der Waals surface area (Å²) in [7, 11) is 0. The monoisotopic (exact) mass is 276 g/mol. The van der Waals surface area contributed by atoms with Crippen molar-refractivity contribution < 1.29 is 0 Å². The van der Waals surface area contributed by atoms with Gasteiger partial charge in [-0.05, 0) is 33.6 Å². The lowest BCUT2D eigenvalue weighted by atomic mass is 10.1. The number of nitrogens with zero attached hydrogens (tertiary/aromatic N) is 1. The van der Waals surface area contributed by atoms with Crippen molar-refractivity contribution >= 4 is 32.7 Å². The normalized spacial score (nSPS) is 11.1. The zero-order valence-electron chi connectivity index (χ0n) is 8.29. The smallest absolute Gasteiger partial charge is 0.126 e. The molecule has 0 aliphatic rings. The van der Waals surface area contributed by atoms with Crippen LogP contribution in [0.15, 0.2) is 35.1 Å². The number of nitrogens with one attached hydrogen (secondary N) is 2. The second kappa shape index (κ2) is 3.38. The molecule has 3 rings (SSSR count). The first-order chi connectivity index (χ1) is 7.75. The van der Waals surface area contributed by atoms with Crippen molar-refractivity contribution in [3.63, 3.8) is 0 Å². The Morgan fingerprint density at radius 3 is 2.94 bits per heavy atom. The molecule has 5 heteroatoms. The van der Waals surface area contributed by atoms with Gasteiger partial charge in [-0.25, -0.2) is 0 Å². The quantitative estimate of drug-likeness (QED) is 0.640. The number of hydrogen-bond donors (Lipinski definition) is 3. The van der Waals surface area contributed by atoms with E-state index in [2.05, 4.69) is 37.2 Å². The zero-order valence-corrected chi connectivity index (χ0v) is 9.88. The van der Waals surface area contributed by atoms with Gasteiger partial charge in [0, 0.05) is 27.1 Å². The number of nitrogen functional groups attached to an aromatic ring is 1. The van der Waals surface area contributed by atoms with Gasteiger partial charge in [-0.3, -0.25) is 5.10 Å². The van der Waals surface area contributed by atoms with Crippen LogP contribution < -0.4 is 5.73 Å². The van der Waals surface area contributed by atoms with Crippen LogP contribution in [0.25, 0.3) is 22.0 Å². The molecule has 4 N–H and O–H groups in total. The molecule has 0 saturated heterocycles. The Balaban J connectivity index is 2.25. The summed E-state index contributed by atoms with van der Waals surface area (Å²) in [6.45, 7) is 0. The van der Waals surface area contributed by atoms with Crippen LogP contribution in [0.2, 0.25) is 0 Å². The van der Waals surface area contributed by atoms with Crippen molar-refractivity contribution in [2.45, 2.75) is 0 Å². The molecule has 0 saturated carbocycles. The molecule has 0 amide bonds. The number of anilines is 1. The molecule has 0 aliphatic heterocycles. The molecule has 4 nitrogen and oxygen atoms in total. The Morgan fingerprint density at radius 2 is 2.19 bits per heavy atom. The van der Waals surface area contributed by atoms with Crippen molar-refractivity contribution in [1.29, 1.82) is 0 Å². The first-order valence-corrected chi connectivity index (χ1v) is 5.61. The second-order valence-corrected chi connectivity index (χ2v) is 4.45. The average Bonchev–Trinajstić information content (AvgIpc) is 2.86. The summed E-state index contributed by atoms with van der Waals surface area (Å²) in [5, 5.41) is 7.79. The lowest BCUT2D eigenvalue weighted by molar-refractivity contribution is 1.10. The van der Waals surface area contributed by atoms with Crippen molar-refractivity contribution in [2.75, 3.05) is 5.73 Å². The third kappa shape index (κ3) is 1.32. The van der Waals surface area contributed by atoms with Gasteiger partial charge in [-0.2, -0.15) is 5.10 Å². The van der Waals surface area contributed by atoms with E-state index in [1.54, 1.807) is 6.20 Å². The highest BCUT2D eigenvalue weighted by molar-refractivity contribution is 9.10. The molecule has 0 spiro atoms. The molecule has 3 aromatic rings. The van der Waals surface area contributed by atoms with E-state index >= 15 is 0 Å². The number of hydrogen-bond acceptors (Lipinski definition) is 2. The van der Waals surface area contributed by atoms with Crippen LogP contribution in [-0.2, 0) is 0 Å². The third-order valence-electron chi connectivity index (χ3n) is 2.61. The summed E-state index contributed by atoms with van der Waals surface area (Å²) in [6, 6.07) is 6.13. The van der Waals surface area contributed by atoms with Crippen LogP contribution in [0, 0.1) is 0 Å². The summed E-state index contributed by atoms with van der Waals surface area (Å²) in [5.74, 6) is 0.589. The van der Waals surface area contributed by atoms with E-state index in [1.807, 2.05) is 18.3 Å². The molecular formula is C11H9BrN4. The van der Waals surface area contributed by atoms with Crippen molar-refractivity contribution in [2.24, 2.45) is 0 Å². The minimum Gasteiger partial charge on any atom is -0.384 e. The van der Waals surface area contributed by atoms with Crippen LogP contribution in [0.4, 0.5) is 5.82 Å². The van der Waals surface area contributed by atoms with Crippen molar-refractivity contribution in [1.82, 2.24) is 15.2 Å². The third-order valence-corrected chi connectivity index (χ3v) is 3.27. The minimum atomic E-state index is 0.589. The van der Waals surface area contributed by atoms with Crippen molar-refractivity contribution in [3.8, 4) is 11.1 Å². The van der Waals surface area contributed by atoms with Gasteiger partial charge in [0.1, 0.15) is 5.82 Å². The fourth-order valence-corrected chi connectivity index (χ4v) is 2.22. The SMILES string of the molecule is Nc1[nH]ncc1-c1ccc2[nH]cc(Br)c2c1. The Morgan fingerprint density at radius 1 is 1.31 bits per heavy atom. The number of nitrogens with two attached hydrogens (primary N) is 1. The topological polar surface area (TPSA) is 70.5 Å². The van der Waals surface area contributed by atoms with E-state index < -0.39 is 0 Å². The standard InChI is InChI=1S/C11H9BrN4/c12-9-5-14-10-2-1-6(3-7(9)10)8-4-15-16-11(8)13/h1-5,14H,(H3,13,15,16). The Bertz CT molecular complexity index is 653. The molecule has 1 aromatic carbocycles. The highest BCUT2D eigenvalue weighted by atomic mass is 79.9. The Kier molecular flexibility index (Phi) is 2.00. The predicted molar refractivity (Wildman–Crippen MR) is 68.0 cm³/mol. The number of aromatic amines is 2. The van der Waals surface area contributed by atoms with Crippen LogP contribution in [0.5, 0.6) is 0 Å². The van der Waals surface area contributed by atoms with Crippen molar-refractivity contribution in [3.05, 3.63) is 35.1 Å². The van der Waals surface area contributed by atoms with Crippen LogP contribution in [0.1, 0.15) is 0 Å². The van der Waals surface area contributed by atoms with Crippen LogP contribution >= 0.6 is 15.9 Å². The average molecular weight is 277 g/mol.